The molecule has 1 atom stereocenters. The topological polar surface area (TPSA) is 79.6 Å². The number of hydrogen-bond donors (Lipinski definition) is 1. The zero-order valence-corrected chi connectivity index (χ0v) is 14.5. The highest BCUT2D eigenvalue weighted by Gasteiger charge is 2.33. The molecule has 134 valence electrons. The van der Waals surface area contributed by atoms with Crippen LogP contribution in [-0.4, -0.2) is 29.7 Å². The van der Waals surface area contributed by atoms with Gasteiger partial charge in [0.25, 0.3) is 17.7 Å². The van der Waals surface area contributed by atoms with Crippen molar-refractivity contribution in [1.29, 1.82) is 0 Å². The number of rotatable bonds is 4. The fourth-order valence-corrected chi connectivity index (χ4v) is 3.14. The Labute approximate surface area is 155 Å². The third-order valence-corrected chi connectivity index (χ3v) is 4.59. The lowest BCUT2D eigenvalue weighted by molar-refractivity contribution is 0.0693. The molecule has 6 heteroatoms. The molecule has 4 rings (SSSR count). The normalized spacial score (nSPS) is 14.2. The quantitative estimate of drug-likeness (QED) is 0.726. The van der Waals surface area contributed by atoms with Gasteiger partial charge in [-0.2, -0.15) is 0 Å². The highest BCUT2D eigenvalue weighted by molar-refractivity contribution is 6.21. The van der Waals surface area contributed by atoms with Crippen molar-refractivity contribution in [2.45, 2.75) is 6.04 Å². The molecule has 3 amide bonds. The smallest absolute Gasteiger partial charge is 0.261 e. The summed E-state index contributed by atoms with van der Waals surface area (Å²) in [5, 5.41) is 2.94. The molecule has 0 bridgehead atoms. The summed E-state index contributed by atoms with van der Waals surface area (Å²) >= 11 is 0. The Morgan fingerprint density at radius 2 is 1.70 bits per heavy atom. The minimum absolute atomic E-state index is 0.240. The van der Waals surface area contributed by atoms with Crippen molar-refractivity contribution in [3.8, 4) is 0 Å². The molecule has 27 heavy (non-hydrogen) atoms. The number of hydrogen-bond acceptors (Lipinski definition) is 4. The molecule has 1 N–H and O–H groups in total. The lowest BCUT2D eigenvalue weighted by Crippen LogP contribution is -2.29. The molecule has 6 nitrogen and oxygen atoms in total. The Morgan fingerprint density at radius 1 is 0.963 bits per heavy atom. The molecule has 2 aromatic carbocycles. The van der Waals surface area contributed by atoms with Gasteiger partial charge in [-0.25, -0.2) is 0 Å². The van der Waals surface area contributed by atoms with Crippen molar-refractivity contribution in [2.24, 2.45) is 0 Å². The Balaban J connectivity index is 1.65. The molecule has 1 unspecified atom stereocenters. The van der Waals surface area contributed by atoms with E-state index in [9.17, 15) is 14.4 Å². The first kappa shape index (κ1) is 16.8. The minimum atomic E-state index is -0.470. The Bertz CT molecular complexity index is 1030. The maximum atomic E-state index is 12.8. The molecular weight excluding hydrogens is 344 g/mol. The van der Waals surface area contributed by atoms with E-state index in [-0.39, 0.29) is 17.4 Å². The SMILES string of the molecule is CN1C(=O)c2ccc(C(=O)NC(c3ccccc3)c3ccco3)cc2C1=O. The maximum Gasteiger partial charge on any atom is 0.261 e. The van der Waals surface area contributed by atoms with Crippen LogP contribution in [0, 0.1) is 0 Å². The second kappa shape index (κ2) is 6.57. The van der Waals surface area contributed by atoms with Crippen LogP contribution in [0.5, 0.6) is 0 Å². The van der Waals surface area contributed by atoms with Crippen molar-refractivity contribution in [3.63, 3.8) is 0 Å². The molecule has 0 fully saturated rings. The Kier molecular flexibility index (Phi) is 4.08. The monoisotopic (exact) mass is 360 g/mol. The zero-order chi connectivity index (χ0) is 19.0. The van der Waals surface area contributed by atoms with Crippen LogP contribution < -0.4 is 5.32 Å². The number of carbonyl (C=O) groups is 3. The average Bonchev–Trinajstić information content (AvgIpc) is 3.31. The van der Waals surface area contributed by atoms with Gasteiger partial charge >= 0.3 is 0 Å². The van der Waals surface area contributed by atoms with Crippen LogP contribution in [0.2, 0.25) is 0 Å². The van der Waals surface area contributed by atoms with E-state index in [0.29, 0.717) is 16.9 Å². The molecule has 1 aliphatic rings. The van der Waals surface area contributed by atoms with Crippen molar-refractivity contribution in [3.05, 3.63) is 94.9 Å². The van der Waals surface area contributed by atoms with Crippen LogP contribution in [-0.2, 0) is 0 Å². The van der Waals surface area contributed by atoms with Gasteiger partial charge in [0.2, 0.25) is 0 Å². The summed E-state index contributed by atoms with van der Waals surface area (Å²) in [4.78, 5) is 38.0. The first-order chi connectivity index (χ1) is 13.1. The summed E-state index contributed by atoms with van der Waals surface area (Å²) in [6.45, 7) is 0. The van der Waals surface area contributed by atoms with E-state index < -0.39 is 11.9 Å². The first-order valence-corrected chi connectivity index (χ1v) is 8.42. The lowest BCUT2D eigenvalue weighted by Gasteiger charge is -2.17. The van der Waals surface area contributed by atoms with Gasteiger partial charge in [0.05, 0.1) is 17.4 Å². The third kappa shape index (κ3) is 2.91. The van der Waals surface area contributed by atoms with E-state index in [1.165, 1.54) is 19.2 Å². The van der Waals surface area contributed by atoms with Crippen molar-refractivity contribution >= 4 is 17.7 Å². The number of nitrogens with one attached hydrogen (secondary N) is 1. The van der Waals surface area contributed by atoms with Gasteiger partial charge in [0.15, 0.2) is 0 Å². The number of nitrogens with zero attached hydrogens (tertiary/aromatic N) is 1. The number of amides is 3. The maximum absolute atomic E-state index is 12.8. The van der Waals surface area contributed by atoms with Gasteiger partial charge in [-0.15, -0.1) is 0 Å². The summed E-state index contributed by atoms with van der Waals surface area (Å²) in [6.07, 6.45) is 1.55. The molecule has 0 saturated carbocycles. The summed E-state index contributed by atoms with van der Waals surface area (Å²) < 4.78 is 5.49. The van der Waals surface area contributed by atoms with Gasteiger partial charge in [-0.05, 0) is 35.9 Å². The number of furan rings is 1. The van der Waals surface area contributed by atoms with Crippen LogP contribution in [0.1, 0.15) is 48.4 Å². The second-order valence-electron chi connectivity index (χ2n) is 6.26. The Hall–Kier alpha value is -3.67. The van der Waals surface area contributed by atoms with E-state index in [4.69, 9.17) is 4.42 Å². The van der Waals surface area contributed by atoms with E-state index in [2.05, 4.69) is 5.32 Å². The number of fused-ring (bicyclic) bond motifs is 1. The van der Waals surface area contributed by atoms with Gasteiger partial charge in [0.1, 0.15) is 11.8 Å². The predicted octanol–water partition coefficient (Wildman–Crippen LogP) is 3.02. The molecule has 0 saturated heterocycles. The highest BCUT2D eigenvalue weighted by atomic mass is 16.3. The van der Waals surface area contributed by atoms with Crippen LogP contribution in [0.15, 0.2) is 71.3 Å². The fourth-order valence-electron chi connectivity index (χ4n) is 3.14. The number of benzene rings is 2. The van der Waals surface area contributed by atoms with Gasteiger partial charge in [-0.3, -0.25) is 19.3 Å². The standard InChI is InChI=1S/C21H16N2O4/c1-23-20(25)15-10-9-14(12-16(15)21(23)26)19(24)22-18(17-8-5-11-27-17)13-6-3-2-4-7-13/h2-12,18H,1H3,(H,22,24). The van der Waals surface area contributed by atoms with Crippen LogP contribution >= 0.6 is 0 Å². The number of carbonyl (C=O) groups excluding carboxylic acids is 3. The van der Waals surface area contributed by atoms with E-state index in [0.717, 1.165) is 10.5 Å². The highest BCUT2D eigenvalue weighted by Crippen LogP contribution is 2.25. The van der Waals surface area contributed by atoms with E-state index in [1.54, 1.807) is 24.5 Å². The predicted molar refractivity (Wildman–Crippen MR) is 97.3 cm³/mol. The molecule has 1 aliphatic heterocycles. The largest absolute Gasteiger partial charge is 0.467 e. The summed E-state index contributed by atoms with van der Waals surface area (Å²) in [5.74, 6) is -0.533. The zero-order valence-electron chi connectivity index (χ0n) is 14.5. The first-order valence-electron chi connectivity index (χ1n) is 8.42. The molecular formula is C21H16N2O4. The molecule has 2 heterocycles. The second-order valence-corrected chi connectivity index (χ2v) is 6.26. The average molecular weight is 360 g/mol. The minimum Gasteiger partial charge on any atom is -0.467 e. The lowest BCUT2D eigenvalue weighted by atomic mass is 10.0. The van der Waals surface area contributed by atoms with Crippen LogP contribution in [0.4, 0.5) is 0 Å². The third-order valence-electron chi connectivity index (χ3n) is 4.59. The number of imide groups is 1. The van der Waals surface area contributed by atoms with Crippen molar-refractivity contribution < 1.29 is 18.8 Å². The van der Waals surface area contributed by atoms with Gasteiger partial charge in [0, 0.05) is 12.6 Å². The van der Waals surface area contributed by atoms with E-state index >= 15 is 0 Å². The fraction of sp³-hybridized carbons (Fsp3) is 0.0952. The molecule has 1 aromatic heterocycles. The molecule has 0 aliphatic carbocycles. The summed E-state index contributed by atoms with van der Waals surface area (Å²) in [7, 11) is 1.42. The molecule has 0 spiro atoms. The van der Waals surface area contributed by atoms with Gasteiger partial charge < -0.3 is 9.73 Å². The summed E-state index contributed by atoms with van der Waals surface area (Å²) in [6, 6.07) is 17.0. The van der Waals surface area contributed by atoms with Gasteiger partial charge in [-0.1, -0.05) is 30.3 Å². The van der Waals surface area contributed by atoms with Crippen LogP contribution in [0.3, 0.4) is 0 Å². The summed E-state index contributed by atoms with van der Waals surface area (Å²) in [5.41, 5.74) is 1.72. The van der Waals surface area contributed by atoms with Crippen molar-refractivity contribution in [1.82, 2.24) is 10.2 Å². The Morgan fingerprint density at radius 3 is 2.41 bits per heavy atom. The van der Waals surface area contributed by atoms with Crippen molar-refractivity contribution in [2.75, 3.05) is 7.05 Å². The molecule has 3 aromatic rings. The van der Waals surface area contributed by atoms with Crippen LogP contribution in [0.25, 0.3) is 0 Å². The molecule has 0 radical (unpaired) electrons. The van der Waals surface area contributed by atoms with E-state index in [1.807, 2.05) is 30.3 Å².